The molecule has 0 aromatic carbocycles. The van der Waals surface area contributed by atoms with E-state index in [0.29, 0.717) is 6.42 Å². The van der Waals surface area contributed by atoms with Crippen LogP contribution in [0.15, 0.2) is 72.9 Å². The highest BCUT2D eigenvalue weighted by Gasteiger charge is 2.51. The van der Waals surface area contributed by atoms with Gasteiger partial charge in [-0.25, -0.2) is 0 Å². The van der Waals surface area contributed by atoms with E-state index in [1.54, 1.807) is 6.08 Å². The first-order chi connectivity index (χ1) is 36.1. The minimum atomic E-state index is -1.79. The SMILES string of the molecule is CC/C=C\C/C=C\C/C=C\C/C=C\C/C=C\CCCCCCCCCCCC(=O)NC(COC1OC(CO)C(OC2OC(CO)C(O)C(O)C2O)C(O)C1O)C(O)/C=C/CCCCCCCCCCCCCCC. The third-order valence-electron chi connectivity index (χ3n) is 13.9. The van der Waals surface area contributed by atoms with Gasteiger partial charge in [0.25, 0.3) is 0 Å². The van der Waals surface area contributed by atoms with Gasteiger partial charge < -0.3 is 65.1 Å². The number of rotatable bonds is 45. The normalized spacial score (nSPS) is 25.8. The summed E-state index contributed by atoms with van der Waals surface area (Å²) in [5.41, 5.74) is 0. The molecule has 0 bridgehead atoms. The number of aliphatic hydroxyl groups excluding tert-OH is 8. The summed E-state index contributed by atoms with van der Waals surface area (Å²) in [4.78, 5) is 13.2. The minimum absolute atomic E-state index is 0.249. The first-order valence-corrected chi connectivity index (χ1v) is 29.2. The topological polar surface area (TPSA) is 228 Å². The number of unbranched alkanes of at least 4 members (excludes halogenated alkanes) is 22. The molecular weight excluding hydrogens is 943 g/mol. The molecule has 74 heavy (non-hydrogen) atoms. The minimum Gasteiger partial charge on any atom is -0.394 e. The Hall–Kier alpha value is -2.57. The predicted molar refractivity (Wildman–Crippen MR) is 295 cm³/mol. The number of ether oxygens (including phenoxy) is 4. The molecular formula is C60H105NO13. The lowest BCUT2D eigenvalue weighted by Crippen LogP contribution is -2.65. The van der Waals surface area contributed by atoms with Crippen LogP contribution in [-0.4, -0.2) is 140 Å². The Kier molecular flexibility index (Phi) is 41.5. The largest absolute Gasteiger partial charge is 0.394 e. The van der Waals surface area contributed by atoms with E-state index in [-0.39, 0.29) is 18.9 Å². The number of carbonyl (C=O) groups excluding carboxylic acids is 1. The van der Waals surface area contributed by atoms with Crippen LogP contribution in [-0.2, 0) is 23.7 Å². The van der Waals surface area contributed by atoms with E-state index in [1.807, 2.05) is 6.08 Å². The standard InChI is InChI=1S/C60H105NO13/c1-3-5-7-9-11-13-15-17-19-20-21-22-23-24-25-26-27-28-30-32-34-36-38-40-42-44-52(65)61-48(49(64)43-41-39-37-35-33-31-29-18-16-14-12-10-8-6-4-2)47-71-59-57(70)55(68)58(51(46-63)73-59)74-60-56(69)54(67)53(66)50(45-62)72-60/h5,7,11,13,17,19,21-22,24-25,41,43,48-51,53-60,62-64,66-70H,3-4,6,8-10,12,14-16,18,20,23,26-40,42,44-47H2,1-2H3,(H,61,65)/b7-5-,13-11-,19-17-,22-21-,25-24-,43-41+. The number of carbonyl (C=O) groups is 1. The Balaban J connectivity index is 1.76. The predicted octanol–water partition coefficient (Wildman–Crippen LogP) is 9.55. The fraction of sp³-hybridized carbons (Fsp3) is 0.783. The maximum atomic E-state index is 13.2. The summed E-state index contributed by atoms with van der Waals surface area (Å²) in [7, 11) is 0. The molecule has 2 aliphatic heterocycles. The highest BCUT2D eigenvalue weighted by atomic mass is 16.7. The molecule has 2 rings (SSSR count). The fourth-order valence-corrected chi connectivity index (χ4v) is 9.20. The molecule has 14 nitrogen and oxygen atoms in total. The molecule has 0 spiro atoms. The van der Waals surface area contributed by atoms with Crippen molar-refractivity contribution in [2.24, 2.45) is 0 Å². The number of hydrogen-bond donors (Lipinski definition) is 9. The summed E-state index contributed by atoms with van der Waals surface area (Å²) < 4.78 is 22.8. The van der Waals surface area contributed by atoms with Crippen LogP contribution in [0.4, 0.5) is 0 Å². The van der Waals surface area contributed by atoms with Crippen molar-refractivity contribution in [2.75, 3.05) is 19.8 Å². The van der Waals surface area contributed by atoms with Crippen molar-refractivity contribution in [3.05, 3.63) is 72.9 Å². The van der Waals surface area contributed by atoms with Crippen LogP contribution in [0.2, 0.25) is 0 Å². The third kappa shape index (κ3) is 31.0. The van der Waals surface area contributed by atoms with Gasteiger partial charge in [0.2, 0.25) is 5.91 Å². The highest BCUT2D eigenvalue weighted by Crippen LogP contribution is 2.30. The molecule has 14 heteroatoms. The van der Waals surface area contributed by atoms with Gasteiger partial charge in [-0.3, -0.25) is 4.79 Å². The van der Waals surface area contributed by atoms with Crippen molar-refractivity contribution >= 4 is 5.91 Å². The molecule has 1 amide bonds. The summed E-state index contributed by atoms with van der Waals surface area (Å²) in [5.74, 6) is -0.249. The lowest BCUT2D eigenvalue weighted by atomic mass is 9.97. The van der Waals surface area contributed by atoms with E-state index in [4.69, 9.17) is 18.9 Å². The van der Waals surface area contributed by atoms with Gasteiger partial charge in [0.1, 0.15) is 48.8 Å². The third-order valence-corrected chi connectivity index (χ3v) is 13.9. The first-order valence-electron chi connectivity index (χ1n) is 29.2. The van der Waals surface area contributed by atoms with E-state index >= 15 is 0 Å². The Labute approximate surface area is 447 Å². The van der Waals surface area contributed by atoms with Crippen molar-refractivity contribution in [3.63, 3.8) is 0 Å². The molecule has 9 N–H and O–H groups in total. The van der Waals surface area contributed by atoms with E-state index in [9.17, 15) is 45.6 Å². The van der Waals surface area contributed by atoms with Crippen molar-refractivity contribution in [2.45, 2.75) is 280 Å². The molecule has 0 radical (unpaired) electrons. The van der Waals surface area contributed by atoms with Crippen molar-refractivity contribution in [1.29, 1.82) is 0 Å². The van der Waals surface area contributed by atoms with Gasteiger partial charge in [0, 0.05) is 6.42 Å². The summed E-state index contributed by atoms with van der Waals surface area (Å²) >= 11 is 0. The van der Waals surface area contributed by atoms with Crippen LogP contribution in [0.5, 0.6) is 0 Å². The van der Waals surface area contributed by atoms with E-state index in [0.717, 1.165) is 77.0 Å². The highest BCUT2D eigenvalue weighted by molar-refractivity contribution is 5.76. The number of aliphatic hydroxyl groups is 8. The quantitative estimate of drug-likeness (QED) is 0.0205. The van der Waals surface area contributed by atoms with Crippen LogP contribution in [0, 0.1) is 0 Å². The zero-order valence-corrected chi connectivity index (χ0v) is 45.8. The van der Waals surface area contributed by atoms with Gasteiger partial charge in [-0.05, 0) is 64.2 Å². The van der Waals surface area contributed by atoms with Crippen LogP contribution in [0.3, 0.4) is 0 Å². The molecule has 2 fully saturated rings. The first kappa shape index (κ1) is 67.5. The maximum absolute atomic E-state index is 13.2. The fourth-order valence-electron chi connectivity index (χ4n) is 9.20. The smallest absolute Gasteiger partial charge is 0.220 e. The van der Waals surface area contributed by atoms with Crippen molar-refractivity contribution in [3.8, 4) is 0 Å². The molecule has 12 unspecified atom stereocenters. The number of allylic oxidation sites excluding steroid dienone is 11. The van der Waals surface area contributed by atoms with Gasteiger partial charge in [-0.2, -0.15) is 0 Å². The average molecular weight is 1050 g/mol. The Morgan fingerprint density at radius 3 is 1.43 bits per heavy atom. The second-order valence-electron chi connectivity index (χ2n) is 20.4. The molecule has 0 aromatic heterocycles. The van der Waals surface area contributed by atoms with Gasteiger partial charge in [-0.15, -0.1) is 0 Å². The number of nitrogens with one attached hydrogen (secondary N) is 1. The van der Waals surface area contributed by atoms with Gasteiger partial charge in [-0.1, -0.05) is 209 Å². The van der Waals surface area contributed by atoms with Crippen molar-refractivity contribution in [1.82, 2.24) is 5.32 Å². The lowest BCUT2D eigenvalue weighted by Gasteiger charge is -2.46. The summed E-state index contributed by atoms with van der Waals surface area (Å²) in [5, 5.41) is 87.0. The van der Waals surface area contributed by atoms with E-state index in [2.05, 4.69) is 79.9 Å². The van der Waals surface area contributed by atoms with Crippen LogP contribution < -0.4 is 5.32 Å². The zero-order valence-electron chi connectivity index (χ0n) is 45.8. The summed E-state index contributed by atoms with van der Waals surface area (Å²) in [6, 6.07) is -0.921. The Morgan fingerprint density at radius 2 is 0.932 bits per heavy atom. The van der Waals surface area contributed by atoms with E-state index < -0.39 is 86.8 Å². The Morgan fingerprint density at radius 1 is 0.500 bits per heavy atom. The van der Waals surface area contributed by atoms with Crippen molar-refractivity contribution < 1.29 is 64.6 Å². The molecule has 0 aliphatic carbocycles. The molecule has 0 aromatic rings. The van der Waals surface area contributed by atoms with Gasteiger partial charge in [0.05, 0.1) is 32.0 Å². The van der Waals surface area contributed by atoms with Gasteiger partial charge in [0.15, 0.2) is 12.6 Å². The molecule has 12 atom stereocenters. The number of hydrogen-bond acceptors (Lipinski definition) is 13. The summed E-state index contributed by atoms with van der Waals surface area (Å²) in [6.45, 7) is 2.67. The zero-order chi connectivity index (χ0) is 53.9. The summed E-state index contributed by atoms with van der Waals surface area (Å²) in [6.07, 6.45) is 42.1. The molecule has 428 valence electrons. The van der Waals surface area contributed by atoms with Crippen LogP contribution >= 0.6 is 0 Å². The average Bonchev–Trinajstić information content (AvgIpc) is 3.40. The molecule has 0 saturated carbocycles. The molecule has 2 heterocycles. The number of amides is 1. The molecule has 2 saturated heterocycles. The lowest BCUT2D eigenvalue weighted by molar-refractivity contribution is -0.359. The second kappa shape index (κ2) is 45.4. The Bertz CT molecular complexity index is 1520. The maximum Gasteiger partial charge on any atom is 0.220 e. The van der Waals surface area contributed by atoms with E-state index in [1.165, 1.54) is 103 Å². The monoisotopic (exact) mass is 1050 g/mol. The second-order valence-corrected chi connectivity index (χ2v) is 20.4. The van der Waals surface area contributed by atoms with Crippen LogP contribution in [0.1, 0.15) is 206 Å². The van der Waals surface area contributed by atoms with Gasteiger partial charge >= 0.3 is 0 Å². The molecule has 2 aliphatic rings. The van der Waals surface area contributed by atoms with Crippen LogP contribution in [0.25, 0.3) is 0 Å².